The van der Waals surface area contributed by atoms with Crippen LogP contribution in [0.4, 0.5) is 0 Å². The van der Waals surface area contributed by atoms with Crippen molar-refractivity contribution in [2.75, 3.05) is 0 Å². The van der Waals surface area contributed by atoms with E-state index in [-0.39, 0.29) is 0 Å². The lowest BCUT2D eigenvalue weighted by Crippen LogP contribution is -1.98. The average Bonchev–Trinajstić information content (AvgIpc) is 3.08. The number of hydrogen-bond acceptors (Lipinski definition) is 4. The minimum Gasteiger partial charge on any atom is -0.245 e. The van der Waals surface area contributed by atoms with Gasteiger partial charge in [-0.05, 0) is 24.3 Å². The zero-order chi connectivity index (χ0) is 27.9. The van der Waals surface area contributed by atoms with Crippen molar-refractivity contribution in [1.82, 2.24) is 19.9 Å². The van der Waals surface area contributed by atoms with Crippen LogP contribution in [0.25, 0.3) is 77.9 Å². The highest BCUT2D eigenvalue weighted by Gasteiger charge is 2.18. The SMILES string of the molecule is c1ccc(-c2ccc3ccc4ccc(-c5ccccc5-c5nc6ccccc6nc5-c5ccccc5)nc4c3n2)cc1. The molecule has 0 spiro atoms. The number of aromatic nitrogens is 4. The third-order valence-electron chi connectivity index (χ3n) is 7.67. The standard InChI is InChI=1S/C38H24N4/c1-3-11-25(12-4-1)31-23-21-27-19-20-28-22-24-32(40-36(28)35(27)39-31)29-15-7-8-16-30(29)38-37(26-13-5-2-6-14-26)41-33-17-9-10-18-34(33)42-38/h1-24H. The van der Waals surface area contributed by atoms with Gasteiger partial charge in [0.25, 0.3) is 0 Å². The molecule has 3 heterocycles. The summed E-state index contributed by atoms with van der Waals surface area (Å²) in [4.78, 5) is 20.6. The molecule has 3 aromatic heterocycles. The highest BCUT2D eigenvalue weighted by atomic mass is 14.8. The molecule has 0 unspecified atom stereocenters. The van der Waals surface area contributed by atoms with E-state index < -0.39 is 0 Å². The minimum atomic E-state index is 0.833. The molecule has 0 N–H and O–H groups in total. The van der Waals surface area contributed by atoms with E-state index in [1.165, 1.54) is 0 Å². The first kappa shape index (κ1) is 24.1. The normalized spacial score (nSPS) is 11.3. The van der Waals surface area contributed by atoms with Gasteiger partial charge in [0, 0.05) is 33.0 Å². The van der Waals surface area contributed by atoms with E-state index in [2.05, 4.69) is 84.9 Å². The predicted octanol–water partition coefficient (Wildman–Crippen LogP) is 9.39. The van der Waals surface area contributed by atoms with E-state index in [9.17, 15) is 0 Å². The second kappa shape index (κ2) is 10.0. The summed E-state index contributed by atoms with van der Waals surface area (Å²) in [6.45, 7) is 0. The molecule has 196 valence electrons. The lowest BCUT2D eigenvalue weighted by molar-refractivity contribution is 1.29. The minimum absolute atomic E-state index is 0.833. The summed E-state index contributed by atoms with van der Waals surface area (Å²) in [6.07, 6.45) is 0. The molecule has 5 aromatic carbocycles. The lowest BCUT2D eigenvalue weighted by Gasteiger charge is -2.14. The Morgan fingerprint density at radius 1 is 0.310 bits per heavy atom. The van der Waals surface area contributed by atoms with Crippen molar-refractivity contribution in [2.24, 2.45) is 0 Å². The molecule has 42 heavy (non-hydrogen) atoms. The molecule has 0 bridgehead atoms. The number of benzene rings is 5. The van der Waals surface area contributed by atoms with Crippen LogP contribution in [0.1, 0.15) is 0 Å². The molecule has 0 saturated heterocycles. The molecule has 4 nitrogen and oxygen atoms in total. The van der Waals surface area contributed by atoms with E-state index >= 15 is 0 Å². The van der Waals surface area contributed by atoms with Crippen LogP contribution in [-0.2, 0) is 0 Å². The molecule has 0 radical (unpaired) electrons. The lowest BCUT2D eigenvalue weighted by atomic mass is 9.96. The van der Waals surface area contributed by atoms with Crippen LogP contribution >= 0.6 is 0 Å². The Kier molecular flexibility index (Phi) is 5.75. The summed E-state index contributed by atoms with van der Waals surface area (Å²) in [5, 5.41) is 2.11. The Balaban J connectivity index is 1.35. The maximum Gasteiger partial charge on any atom is 0.0979 e. The molecule has 0 fully saturated rings. The molecular weight excluding hydrogens is 512 g/mol. The van der Waals surface area contributed by atoms with Gasteiger partial charge in [0.2, 0.25) is 0 Å². The summed E-state index contributed by atoms with van der Waals surface area (Å²) in [7, 11) is 0. The Morgan fingerprint density at radius 2 is 0.786 bits per heavy atom. The topological polar surface area (TPSA) is 51.6 Å². The molecule has 4 heteroatoms. The Bertz CT molecular complexity index is 2240. The number of para-hydroxylation sites is 2. The fourth-order valence-electron chi connectivity index (χ4n) is 5.59. The zero-order valence-electron chi connectivity index (χ0n) is 22.6. The van der Waals surface area contributed by atoms with Gasteiger partial charge in [-0.15, -0.1) is 0 Å². The summed E-state index contributed by atoms with van der Waals surface area (Å²) in [5.41, 5.74) is 11.1. The highest BCUT2D eigenvalue weighted by molar-refractivity contribution is 6.04. The van der Waals surface area contributed by atoms with E-state index in [1.54, 1.807) is 0 Å². The van der Waals surface area contributed by atoms with E-state index in [0.717, 1.165) is 77.9 Å². The van der Waals surface area contributed by atoms with Gasteiger partial charge in [-0.1, -0.05) is 121 Å². The Hall–Kier alpha value is -5.74. The average molecular weight is 537 g/mol. The molecule has 0 saturated carbocycles. The van der Waals surface area contributed by atoms with Gasteiger partial charge >= 0.3 is 0 Å². The maximum atomic E-state index is 5.25. The van der Waals surface area contributed by atoms with Crippen molar-refractivity contribution < 1.29 is 0 Å². The van der Waals surface area contributed by atoms with Crippen LogP contribution in [0.2, 0.25) is 0 Å². The van der Waals surface area contributed by atoms with Crippen molar-refractivity contribution in [1.29, 1.82) is 0 Å². The Labute approximate surface area is 243 Å². The molecule has 0 aliphatic heterocycles. The number of pyridine rings is 2. The smallest absolute Gasteiger partial charge is 0.0979 e. The van der Waals surface area contributed by atoms with Gasteiger partial charge in [-0.25, -0.2) is 19.9 Å². The highest BCUT2D eigenvalue weighted by Crippen LogP contribution is 2.37. The van der Waals surface area contributed by atoms with Gasteiger partial charge in [0.15, 0.2) is 0 Å². The molecule has 0 aliphatic carbocycles. The number of nitrogens with zero attached hydrogens (tertiary/aromatic N) is 4. The van der Waals surface area contributed by atoms with Crippen LogP contribution in [0.5, 0.6) is 0 Å². The van der Waals surface area contributed by atoms with Crippen molar-refractivity contribution >= 4 is 32.8 Å². The Morgan fingerprint density at radius 3 is 1.45 bits per heavy atom. The second-order valence-electron chi connectivity index (χ2n) is 10.3. The van der Waals surface area contributed by atoms with Gasteiger partial charge in [-0.2, -0.15) is 0 Å². The first-order valence-electron chi connectivity index (χ1n) is 14.0. The van der Waals surface area contributed by atoms with Crippen molar-refractivity contribution in [2.45, 2.75) is 0 Å². The van der Waals surface area contributed by atoms with Crippen LogP contribution in [0.15, 0.2) is 146 Å². The van der Waals surface area contributed by atoms with Crippen molar-refractivity contribution in [3.8, 4) is 45.0 Å². The number of rotatable bonds is 4. The van der Waals surface area contributed by atoms with Crippen LogP contribution in [0, 0.1) is 0 Å². The number of fused-ring (bicyclic) bond motifs is 4. The third kappa shape index (κ3) is 4.18. The molecular formula is C38H24N4. The second-order valence-corrected chi connectivity index (χ2v) is 10.3. The zero-order valence-corrected chi connectivity index (χ0v) is 22.6. The summed E-state index contributed by atoms with van der Waals surface area (Å²) >= 11 is 0. The summed E-state index contributed by atoms with van der Waals surface area (Å²) < 4.78 is 0. The first-order chi connectivity index (χ1) is 20.8. The van der Waals surface area contributed by atoms with Gasteiger partial charge in [-0.3, -0.25) is 0 Å². The van der Waals surface area contributed by atoms with Gasteiger partial charge in [0.1, 0.15) is 0 Å². The summed E-state index contributed by atoms with van der Waals surface area (Å²) in [5.74, 6) is 0. The van der Waals surface area contributed by atoms with Gasteiger partial charge < -0.3 is 0 Å². The van der Waals surface area contributed by atoms with Crippen molar-refractivity contribution in [3.05, 3.63) is 146 Å². The van der Waals surface area contributed by atoms with E-state index in [4.69, 9.17) is 19.9 Å². The molecule has 0 atom stereocenters. The maximum absolute atomic E-state index is 5.25. The molecule has 0 aliphatic rings. The van der Waals surface area contributed by atoms with E-state index in [1.807, 2.05) is 60.7 Å². The molecule has 0 amide bonds. The fraction of sp³-hybridized carbons (Fsp3) is 0. The summed E-state index contributed by atoms with van der Waals surface area (Å²) in [6, 6.07) is 49.5. The predicted molar refractivity (Wildman–Crippen MR) is 172 cm³/mol. The van der Waals surface area contributed by atoms with Gasteiger partial charge in [0.05, 0.1) is 44.8 Å². The van der Waals surface area contributed by atoms with Crippen LogP contribution < -0.4 is 0 Å². The fourth-order valence-corrected chi connectivity index (χ4v) is 5.59. The van der Waals surface area contributed by atoms with Crippen LogP contribution in [0.3, 0.4) is 0 Å². The molecule has 8 aromatic rings. The number of hydrogen-bond donors (Lipinski definition) is 0. The van der Waals surface area contributed by atoms with Crippen molar-refractivity contribution in [3.63, 3.8) is 0 Å². The monoisotopic (exact) mass is 536 g/mol. The third-order valence-corrected chi connectivity index (χ3v) is 7.67. The van der Waals surface area contributed by atoms with Crippen LogP contribution in [-0.4, -0.2) is 19.9 Å². The largest absolute Gasteiger partial charge is 0.245 e. The molecule has 8 rings (SSSR count). The van der Waals surface area contributed by atoms with E-state index in [0.29, 0.717) is 0 Å². The first-order valence-corrected chi connectivity index (χ1v) is 14.0. The quantitative estimate of drug-likeness (QED) is 0.210.